The zero-order valence-corrected chi connectivity index (χ0v) is 9.29. The van der Waals surface area contributed by atoms with Crippen molar-refractivity contribution < 1.29 is 0 Å². The summed E-state index contributed by atoms with van der Waals surface area (Å²) in [6.07, 6.45) is 6.53. The van der Waals surface area contributed by atoms with Gasteiger partial charge in [0.15, 0.2) is 0 Å². The maximum Gasteiger partial charge on any atom is -0.00363 e. The van der Waals surface area contributed by atoms with Crippen LogP contribution in [-0.4, -0.2) is 0 Å². The molecule has 0 fully saturated rings. The summed E-state index contributed by atoms with van der Waals surface area (Å²) in [5, 5.41) is 5.12. The van der Waals surface area contributed by atoms with E-state index in [-0.39, 0.29) is 0 Å². The van der Waals surface area contributed by atoms with E-state index in [9.17, 15) is 0 Å². The van der Waals surface area contributed by atoms with Crippen LogP contribution in [0.3, 0.4) is 0 Å². The second-order valence-corrected chi connectivity index (χ2v) is 4.32. The molecule has 0 N–H and O–H groups in total. The molecule has 0 aromatic heterocycles. The average Bonchev–Trinajstić information content (AvgIpc) is 2.33. The predicted octanol–water partition coefficient (Wildman–Crippen LogP) is 2.62. The molecule has 16 heavy (non-hydrogen) atoms. The molecule has 0 bridgehead atoms. The van der Waals surface area contributed by atoms with Crippen molar-refractivity contribution in [3.63, 3.8) is 0 Å². The van der Waals surface area contributed by atoms with Crippen LogP contribution in [0.4, 0.5) is 0 Å². The predicted molar refractivity (Wildman–Crippen MR) is 71.6 cm³/mol. The van der Waals surface area contributed by atoms with Gasteiger partial charge in [0.2, 0.25) is 0 Å². The molecule has 0 heterocycles. The van der Waals surface area contributed by atoms with Crippen LogP contribution in [0.25, 0.3) is 29.5 Å². The SMILES string of the molecule is C=Cc1ccc2c3c(ccc(=C)c13)=CCC2. The van der Waals surface area contributed by atoms with Crippen LogP contribution in [0.15, 0.2) is 30.8 Å². The fraction of sp³-hybridized carbons (Fsp3) is 0.125. The van der Waals surface area contributed by atoms with E-state index in [0.29, 0.717) is 0 Å². The molecule has 0 unspecified atom stereocenters. The molecule has 2 aromatic carbocycles. The van der Waals surface area contributed by atoms with Gasteiger partial charge in [0.05, 0.1) is 0 Å². The molecule has 0 amide bonds. The summed E-state index contributed by atoms with van der Waals surface area (Å²) in [5.41, 5.74) is 2.64. The molecule has 0 saturated carbocycles. The summed E-state index contributed by atoms with van der Waals surface area (Å²) in [4.78, 5) is 0. The van der Waals surface area contributed by atoms with Gasteiger partial charge >= 0.3 is 0 Å². The first-order valence-electron chi connectivity index (χ1n) is 5.67. The Bertz CT molecular complexity index is 690. The molecule has 0 aliphatic heterocycles. The lowest BCUT2D eigenvalue weighted by Crippen LogP contribution is -2.16. The number of hydrogen-bond donors (Lipinski definition) is 0. The minimum atomic E-state index is 1.10. The van der Waals surface area contributed by atoms with Crippen LogP contribution in [0.5, 0.6) is 0 Å². The van der Waals surface area contributed by atoms with Gasteiger partial charge in [-0.1, -0.05) is 49.6 Å². The number of aryl methyl sites for hydroxylation is 1. The van der Waals surface area contributed by atoms with E-state index in [1.807, 2.05) is 6.08 Å². The lowest BCUT2D eigenvalue weighted by Gasteiger charge is -2.13. The van der Waals surface area contributed by atoms with Crippen molar-refractivity contribution >= 4 is 29.5 Å². The van der Waals surface area contributed by atoms with Crippen molar-refractivity contribution in [3.05, 3.63) is 52.4 Å². The van der Waals surface area contributed by atoms with E-state index in [4.69, 9.17) is 0 Å². The molecular weight excluding hydrogens is 192 g/mol. The fourth-order valence-electron chi connectivity index (χ4n) is 2.63. The van der Waals surface area contributed by atoms with Crippen molar-refractivity contribution in [2.45, 2.75) is 12.8 Å². The molecule has 1 aliphatic carbocycles. The summed E-state index contributed by atoms with van der Waals surface area (Å²) in [5.74, 6) is 0. The average molecular weight is 206 g/mol. The Morgan fingerprint density at radius 3 is 2.75 bits per heavy atom. The monoisotopic (exact) mass is 206 g/mol. The van der Waals surface area contributed by atoms with Crippen molar-refractivity contribution in [1.29, 1.82) is 0 Å². The third-order valence-corrected chi connectivity index (χ3v) is 3.40. The van der Waals surface area contributed by atoms with Gasteiger partial charge in [0.1, 0.15) is 0 Å². The molecular formula is C16H14. The minimum absolute atomic E-state index is 1.10. The Kier molecular flexibility index (Phi) is 1.97. The van der Waals surface area contributed by atoms with Crippen molar-refractivity contribution in [2.24, 2.45) is 0 Å². The minimum Gasteiger partial charge on any atom is -0.0984 e. The van der Waals surface area contributed by atoms with Crippen molar-refractivity contribution in [2.75, 3.05) is 0 Å². The fourth-order valence-corrected chi connectivity index (χ4v) is 2.63. The Morgan fingerprint density at radius 2 is 1.94 bits per heavy atom. The van der Waals surface area contributed by atoms with Crippen LogP contribution in [0.2, 0.25) is 0 Å². The molecule has 0 nitrogen and oxygen atoms in total. The molecule has 2 aromatic rings. The quantitative estimate of drug-likeness (QED) is 0.673. The van der Waals surface area contributed by atoms with Gasteiger partial charge in [-0.05, 0) is 45.2 Å². The number of rotatable bonds is 1. The summed E-state index contributed by atoms with van der Waals surface area (Å²) < 4.78 is 0. The molecule has 0 spiro atoms. The highest BCUT2D eigenvalue weighted by molar-refractivity contribution is 5.94. The molecule has 1 aliphatic rings. The highest BCUT2D eigenvalue weighted by Crippen LogP contribution is 2.21. The van der Waals surface area contributed by atoms with Gasteiger partial charge in [-0.2, -0.15) is 0 Å². The van der Waals surface area contributed by atoms with E-state index in [2.05, 4.69) is 43.5 Å². The van der Waals surface area contributed by atoms with Crippen molar-refractivity contribution in [1.82, 2.24) is 0 Å². The summed E-state index contributed by atoms with van der Waals surface area (Å²) in [7, 11) is 0. The third kappa shape index (κ3) is 1.16. The normalized spacial score (nSPS) is 13.5. The molecule has 0 saturated heterocycles. The summed E-state index contributed by atoms with van der Waals surface area (Å²) in [6, 6.07) is 8.68. The van der Waals surface area contributed by atoms with Gasteiger partial charge in [-0.3, -0.25) is 0 Å². The van der Waals surface area contributed by atoms with Gasteiger partial charge in [0, 0.05) is 0 Å². The van der Waals surface area contributed by atoms with Gasteiger partial charge in [-0.15, -0.1) is 0 Å². The number of hydrogen-bond acceptors (Lipinski definition) is 0. The Hall–Kier alpha value is -1.82. The van der Waals surface area contributed by atoms with Gasteiger partial charge in [-0.25, -0.2) is 0 Å². The first-order valence-corrected chi connectivity index (χ1v) is 5.67. The maximum atomic E-state index is 4.14. The number of benzene rings is 2. The largest absolute Gasteiger partial charge is 0.0984 e. The molecule has 0 atom stereocenters. The highest BCUT2D eigenvalue weighted by Gasteiger charge is 2.09. The zero-order valence-electron chi connectivity index (χ0n) is 9.29. The van der Waals surface area contributed by atoms with E-state index in [1.165, 1.54) is 27.1 Å². The smallest absolute Gasteiger partial charge is 0.00363 e. The van der Waals surface area contributed by atoms with Crippen LogP contribution >= 0.6 is 0 Å². The van der Waals surface area contributed by atoms with E-state index < -0.39 is 0 Å². The lowest BCUT2D eigenvalue weighted by molar-refractivity contribution is 1.03. The molecule has 78 valence electrons. The zero-order chi connectivity index (χ0) is 11.1. The topological polar surface area (TPSA) is 0 Å². The maximum absolute atomic E-state index is 4.14. The molecule has 0 radical (unpaired) electrons. The summed E-state index contributed by atoms with van der Waals surface area (Å²) >= 11 is 0. The van der Waals surface area contributed by atoms with Crippen LogP contribution in [0, 0.1) is 0 Å². The van der Waals surface area contributed by atoms with Crippen LogP contribution in [-0.2, 0) is 6.42 Å². The second-order valence-electron chi connectivity index (χ2n) is 4.32. The third-order valence-electron chi connectivity index (χ3n) is 3.40. The van der Waals surface area contributed by atoms with Gasteiger partial charge in [0.25, 0.3) is 0 Å². The van der Waals surface area contributed by atoms with Gasteiger partial charge < -0.3 is 0 Å². The molecule has 3 rings (SSSR count). The Morgan fingerprint density at radius 1 is 1.06 bits per heavy atom. The van der Waals surface area contributed by atoms with Crippen LogP contribution in [0.1, 0.15) is 17.5 Å². The first kappa shape index (κ1) is 9.41. The van der Waals surface area contributed by atoms with E-state index in [1.54, 1.807) is 0 Å². The lowest BCUT2D eigenvalue weighted by atomic mass is 9.91. The Labute approximate surface area is 95.2 Å². The Balaban J connectivity index is 2.68. The first-order chi connectivity index (χ1) is 7.81. The summed E-state index contributed by atoms with van der Waals surface area (Å²) in [6.45, 7) is 8.02. The standard InChI is InChI=1S/C16H14/c1-3-12-9-10-14-6-4-5-13-8-7-11(2)15(12)16(13)14/h3,5,7-10H,1-2,4,6H2. The van der Waals surface area contributed by atoms with E-state index >= 15 is 0 Å². The second kappa shape index (κ2) is 3.34. The van der Waals surface area contributed by atoms with E-state index in [0.717, 1.165) is 18.1 Å². The highest BCUT2D eigenvalue weighted by atomic mass is 14.1. The van der Waals surface area contributed by atoms with Crippen molar-refractivity contribution in [3.8, 4) is 0 Å². The van der Waals surface area contributed by atoms with Crippen LogP contribution < -0.4 is 10.4 Å². The molecule has 0 heteroatoms.